The molecule has 3 aromatic rings. The molecular weight excluding hydrogens is 394 g/mol. The van der Waals surface area contributed by atoms with Crippen LogP contribution in [0.3, 0.4) is 0 Å². The van der Waals surface area contributed by atoms with Gasteiger partial charge >= 0.3 is 6.18 Å². The number of alkyl halides is 3. The lowest BCUT2D eigenvalue weighted by Crippen LogP contribution is -2.25. The van der Waals surface area contributed by atoms with E-state index in [9.17, 15) is 17.6 Å². The number of nitrogens with zero attached hydrogens (tertiary/aromatic N) is 2. The van der Waals surface area contributed by atoms with Gasteiger partial charge in [-0.25, -0.2) is 9.07 Å². The van der Waals surface area contributed by atoms with E-state index < -0.39 is 11.9 Å². The van der Waals surface area contributed by atoms with E-state index in [-0.39, 0.29) is 30.3 Å². The molecule has 2 aromatic carbocycles. The maximum Gasteiger partial charge on any atom is 0.435 e. The second kappa shape index (κ2) is 7.77. The van der Waals surface area contributed by atoms with Gasteiger partial charge in [0.2, 0.25) is 0 Å². The van der Waals surface area contributed by atoms with E-state index in [4.69, 9.17) is 0 Å². The summed E-state index contributed by atoms with van der Waals surface area (Å²) >= 11 is 0. The zero-order chi connectivity index (χ0) is 19.0. The van der Waals surface area contributed by atoms with Crippen molar-refractivity contribution in [1.82, 2.24) is 15.1 Å². The molecule has 0 spiro atoms. The topological polar surface area (TPSA) is 29.9 Å². The van der Waals surface area contributed by atoms with Gasteiger partial charge in [-0.1, -0.05) is 30.3 Å². The van der Waals surface area contributed by atoms with Gasteiger partial charge in [0.1, 0.15) is 5.82 Å². The molecule has 146 valence electrons. The molecule has 8 heteroatoms. The first kappa shape index (κ1) is 20.1. The number of nitrogens with one attached hydrogen (secondary N) is 1. The molecule has 0 atom stereocenters. The van der Waals surface area contributed by atoms with Crippen LogP contribution in [0.25, 0.3) is 17.3 Å². The highest BCUT2D eigenvalue weighted by molar-refractivity contribution is 5.85. The van der Waals surface area contributed by atoms with Crippen LogP contribution in [0.4, 0.5) is 17.6 Å². The normalized spacial score (nSPS) is 15.2. The molecule has 0 aliphatic carbocycles. The standard InChI is InChI=1S/C20H15F4N3.ClH/c21-15-8-6-13(7-9-15)10-14-11-25-12-17-18(14)27(16-4-2-1-3-5-16)26-19(17)20(22,23)24;/h1-10,25H,11-12H2;1H/b14-10+;. The van der Waals surface area contributed by atoms with Crippen LogP contribution in [0.1, 0.15) is 22.5 Å². The molecule has 0 saturated heterocycles. The Morgan fingerprint density at radius 1 is 0.964 bits per heavy atom. The Balaban J connectivity index is 0.00000225. The van der Waals surface area contributed by atoms with E-state index >= 15 is 0 Å². The third-order valence-corrected chi connectivity index (χ3v) is 4.39. The Morgan fingerprint density at radius 3 is 2.29 bits per heavy atom. The van der Waals surface area contributed by atoms with Crippen molar-refractivity contribution < 1.29 is 17.6 Å². The number of aromatic nitrogens is 2. The number of hydrogen-bond donors (Lipinski definition) is 1. The summed E-state index contributed by atoms with van der Waals surface area (Å²) < 4.78 is 55.1. The third-order valence-electron chi connectivity index (χ3n) is 4.39. The van der Waals surface area contributed by atoms with Gasteiger partial charge in [-0.3, -0.25) is 0 Å². The molecule has 0 unspecified atom stereocenters. The summed E-state index contributed by atoms with van der Waals surface area (Å²) in [7, 11) is 0. The van der Waals surface area contributed by atoms with Crippen LogP contribution in [0.5, 0.6) is 0 Å². The van der Waals surface area contributed by atoms with E-state index in [1.54, 1.807) is 48.5 Å². The van der Waals surface area contributed by atoms with Crippen molar-refractivity contribution >= 4 is 24.1 Å². The fourth-order valence-corrected chi connectivity index (χ4v) is 3.22. The van der Waals surface area contributed by atoms with Crippen LogP contribution in [-0.2, 0) is 12.7 Å². The summed E-state index contributed by atoms with van der Waals surface area (Å²) in [6.07, 6.45) is -2.80. The third kappa shape index (κ3) is 3.81. The van der Waals surface area contributed by atoms with Crippen LogP contribution in [0.15, 0.2) is 54.6 Å². The quantitative estimate of drug-likeness (QED) is 0.597. The van der Waals surface area contributed by atoms with Crippen molar-refractivity contribution in [3.63, 3.8) is 0 Å². The fourth-order valence-electron chi connectivity index (χ4n) is 3.22. The highest BCUT2D eigenvalue weighted by Gasteiger charge is 2.40. The number of hydrogen-bond acceptors (Lipinski definition) is 2. The van der Waals surface area contributed by atoms with Gasteiger partial charge in [0.05, 0.1) is 11.4 Å². The van der Waals surface area contributed by atoms with E-state index in [0.717, 1.165) is 0 Å². The average Bonchev–Trinajstić information content (AvgIpc) is 3.05. The van der Waals surface area contributed by atoms with Gasteiger partial charge < -0.3 is 5.32 Å². The second-order valence-corrected chi connectivity index (χ2v) is 6.25. The minimum Gasteiger partial charge on any atom is -0.308 e. The molecule has 1 N–H and O–H groups in total. The number of para-hydroxylation sites is 1. The molecule has 3 nitrogen and oxygen atoms in total. The van der Waals surface area contributed by atoms with Gasteiger partial charge in [-0.15, -0.1) is 12.4 Å². The molecule has 0 bridgehead atoms. The van der Waals surface area contributed by atoms with Gasteiger partial charge in [-0.05, 0) is 41.5 Å². The monoisotopic (exact) mass is 409 g/mol. The van der Waals surface area contributed by atoms with Crippen molar-refractivity contribution in [2.45, 2.75) is 12.7 Å². The predicted molar refractivity (Wildman–Crippen MR) is 102 cm³/mol. The van der Waals surface area contributed by atoms with E-state index in [1.165, 1.54) is 16.8 Å². The summed E-state index contributed by atoms with van der Waals surface area (Å²) in [5, 5.41) is 6.89. The van der Waals surface area contributed by atoms with Gasteiger partial charge in [0, 0.05) is 18.7 Å². The van der Waals surface area contributed by atoms with Crippen LogP contribution in [-0.4, -0.2) is 16.3 Å². The van der Waals surface area contributed by atoms with Crippen molar-refractivity contribution in [2.75, 3.05) is 6.54 Å². The first-order chi connectivity index (χ1) is 12.9. The fraction of sp³-hybridized carbons (Fsp3) is 0.150. The molecule has 1 aromatic heterocycles. The van der Waals surface area contributed by atoms with Crippen LogP contribution in [0, 0.1) is 5.82 Å². The van der Waals surface area contributed by atoms with Crippen LogP contribution >= 0.6 is 12.4 Å². The Labute approximate surface area is 165 Å². The van der Waals surface area contributed by atoms with Gasteiger partial charge in [-0.2, -0.15) is 18.3 Å². The summed E-state index contributed by atoms with van der Waals surface area (Å²) in [6, 6.07) is 14.5. The van der Waals surface area contributed by atoms with E-state index in [0.29, 0.717) is 29.1 Å². The summed E-state index contributed by atoms with van der Waals surface area (Å²) in [5.74, 6) is -0.367. The van der Waals surface area contributed by atoms with Crippen LogP contribution < -0.4 is 5.32 Å². The largest absolute Gasteiger partial charge is 0.435 e. The minimum atomic E-state index is -4.55. The van der Waals surface area contributed by atoms with Gasteiger partial charge in [0.15, 0.2) is 5.69 Å². The maximum absolute atomic E-state index is 13.5. The smallest absolute Gasteiger partial charge is 0.308 e. The minimum absolute atomic E-state index is 0. The lowest BCUT2D eigenvalue weighted by molar-refractivity contribution is -0.142. The number of halogens is 5. The molecule has 2 heterocycles. The maximum atomic E-state index is 13.5. The van der Waals surface area contributed by atoms with Crippen LogP contribution in [0.2, 0.25) is 0 Å². The van der Waals surface area contributed by atoms with Gasteiger partial charge in [0.25, 0.3) is 0 Å². The molecule has 1 aliphatic rings. The summed E-state index contributed by atoms with van der Waals surface area (Å²) in [4.78, 5) is 0. The van der Waals surface area contributed by atoms with E-state index in [2.05, 4.69) is 10.4 Å². The highest BCUT2D eigenvalue weighted by Crippen LogP contribution is 2.37. The van der Waals surface area contributed by atoms with E-state index in [1.807, 2.05) is 0 Å². The Hall–Kier alpha value is -2.64. The number of fused-ring (bicyclic) bond motifs is 1. The first-order valence-corrected chi connectivity index (χ1v) is 8.35. The molecular formula is C20H16ClF4N3. The molecule has 1 aliphatic heterocycles. The average molecular weight is 410 g/mol. The van der Waals surface area contributed by atoms with Crippen molar-refractivity contribution in [3.05, 3.63) is 82.9 Å². The second-order valence-electron chi connectivity index (χ2n) is 6.25. The summed E-state index contributed by atoms with van der Waals surface area (Å²) in [5.41, 5.74) is 1.57. The van der Waals surface area contributed by atoms with Crippen molar-refractivity contribution in [1.29, 1.82) is 0 Å². The molecule has 0 radical (unpaired) electrons. The molecule has 0 saturated carbocycles. The first-order valence-electron chi connectivity index (χ1n) is 8.35. The van der Waals surface area contributed by atoms with Crippen molar-refractivity contribution in [2.24, 2.45) is 0 Å². The number of rotatable bonds is 2. The SMILES string of the molecule is Cl.Fc1ccc(/C=C2\CNCc3c(C(F)(F)F)nn(-c4ccccc4)c32)cc1. The lowest BCUT2D eigenvalue weighted by Gasteiger charge is -2.20. The Morgan fingerprint density at radius 2 is 1.64 bits per heavy atom. The van der Waals surface area contributed by atoms with Crippen molar-refractivity contribution in [3.8, 4) is 5.69 Å². The Bertz CT molecular complexity index is 993. The molecule has 28 heavy (non-hydrogen) atoms. The zero-order valence-corrected chi connectivity index (χ0v) is 15.3. The zero-order valence-electron chi connectivity index (χ0n) is 14.5. The molecule has 0 fully saturated rings. The predicted octanol–water partition coefficient (Wildman–Crippen LogP) is 5.10. The molecule has 0 amide bonds. The molecule has 4 rings (SSSR count). The number of benzene rings is 2. The summed E-state index contributed by atoms with van der Waals surface area (Å²) in [6.45, 7) is 0.470. The lowest BCUT2D eigenvalue weighted by atomic mass is 9.99. The Kier molecular flexibility index (Phi) is 5.58. The highest BCUT2D eigenvalue weighted by atomic mass is 35.5.